The maximum absolute atomic E-state index is 12.5. The Kier molecular flexibility index (Phi) is 5.01. The molecule has 132 valence electrons. The van der Waals surface area contributed by atoms with Gasteiger partial charge in [0.1, 0.15) is 11.0 Å². The standard InChI is InChI=1S/C18H18ClNO4S/c1-2-24-15-7-3-13(4-8-15)18(21)20-11-17(12-20)25(22,23)16-9-5-14(19)6-10-16/h3-10,17H,2,11-12H2,1H3. The first kappa shape index (κ1) is 17.8. The van der Waals surface area contributed by atoms with E-state index in [9.17, 15) is 13.2 Å². The van der Waals surface area contributed by atoms with Gasteiger partial charge in [-0.1, -0.05) is 11.6 Å². The number of rotatable bonds is 5. The van der Waals surface area contributed by atoms with Crippen LogP contribution in [0, 0.1) is 0 Å². The van der Waals surface area contributed by atoms with E-state index < -0.39 is 15.1 Å². The molecule has 0 aromatic heterocycles. The molecule has 1 aliphatic heterocycles. The first-order chi connectivity index (χ1) is 11.9. The molecule has 0 aliphatic carbocycles. The molecule has 25 heavy (non-hydrogen) atoms. The van der Waals surface area contributed by atoms with Crippen molar-refractivity contribution in [1.82, 2.24) is 4.90 Å². The number of hydrogen-bond acceptors (Lipinski definition) is 4. The van der Waals surface area contributed by atoms with Crippen LogP contribution < -0.4 is 4.74 Å². The van der Waals surface area contributed by atoms with Crippen LogP contribution >= 0.6 is 11.6 Å². The van der Waals surface area contributed by atoms with E-state index >= 15 is 0 Å². The van der Waals surface area contributed by atoms with Crippen LogP contribution in [0.2, 0.25) is 5.02 Å². The van der Waals surface area contributed by atoms with Gasteiger partial charge in [0, 0.05) is 23.7 Å². The summed E-state index contributed by atoms with van der Waals surface area (Å²) in [6, 6.07) is 12.9. The Morgan fingerprint density at radius 3 is 2.28 bits per heavy atom. The Morgan fingerprint density at radius 1 is 1.12 bits per heavy atom. The Bertz CT molecular complexity index is 857. The molecule has 2 aromatic rings. The van der Waals surface area contributed by atoms with E-state index in [-0.39, 0.29) is 23.9 Å². The third kappa shape index (κ3) is 3.65. The SMILES string of the molecule is CCOc1ccc(C(=O)N2CC(S(=O)(=O)c3ccc(Cl)cc3)C2)cc1. The molecule has 2 aromatic carbocycles. The summed E-state index contributed by atoms with van der Waals surface area (Å²) in [6.45, 7) is 2.83. The van der Waals surface area contributed by atoms with Crippen molar-refractivity contribution >= 4 is 27.3 Å². The average molecular weight is 380 g/mol. The number of sulfone groups is 1. The summed E-state index contributed by atoms with van der Waals surface area (Å²) in [4.78, 5) is 14.2. The highest BCUT2D eigenvalue weighted by atomic mass is 35.5. The van der Waals surface area contributed by atoms with Crippen molar-refractivity contribution in [3.63, 3.8) is 0 Å². The molecule has 0 bridgehead atoms. The van der Waals surface area contributed by atoms with Crippen molar-refractivity contribution < 1.29 is 17.9 Å². The fourth-order valence-corrected chi connectivity index (χ4v) is 4.44. The van der Waals surface area contributed by atoms with E-state index in [2.05, 4.69) is 0 Å². The summed E-state index contributed by atoms with van der Waals surface area (Å²) < 4.78 is 30.4. The lowest BCUT2D eigenvalue weighted by Crippen LogP contribution is -2.56. The molecule has 3 rings (SSSR count). The summed E-state index contributed by atoms with van der Waals surface area (Å²) in [5.74, 6) is 0.524. The van der Waals surface area contributed by atoms with Crippen molar-refractivity contribution in [2.24, 2.45) is 0 Å². The van der Waals surface area contributed by atoms with Crippen LogP contribution in [-0.2, 0) is 9.84 Å². The normalized spacial score (nSPS) is 14.9. The van der Waals surface area contributed by atoms with E-state index in [1.807, 2.05) is 6.92 Å². The molecular formula is C18H18ClNO4S. The quantitative estimate of drug-likeness (QED) is 0.801. The second kappa shape index (κ2) is 7.06. The fraction of sp³-hybridized carbons (Fsp3) is 0.278. The predicted molar refractivity (Wildman–Crippen MR) is 95.9 cm³/mol. The van der Waals surface area contributed by atoms with Crippen LogP contribution in [0.15, 0.2) is 53.4 Å². The number of nitrogens with zero attached hydrogens (tertiary/aromatic N) is 1. The van der Waals surface area contributed by atoms with Crippen LogP contribution in [-0.4, -0.2) is 44.2 Å². The largest absolute Gasteiger partial charge is 0.494 e. The molecule has 0 atom stereocenters. The Balaban J connectivity index is 1.65. The molecule has 0 unspecified atom stereocenters. The van der Waals surface area contributed by atoms with Crippen LogP contribution in [0.1, 0.15) is 17.3 Å². The summed E-state index contributed by atoms with van der Waals surface area (Å²) in [6.07, 6.45) is 0. The number of carbonyl (C=O) groups excluding carboxylic acids is 1. The Hall–Kier alpha value is -2.05. The van der Waals surface area contributed by atoms with Crippen LogP contribution in [0.4, 0.5) is 0 Å². The molecule has 0 spiro atoms. The van der Waals surface area contributed by atoms with Crippen LogP contribution in [0.25, 0.3) is 0 Å². The van der Waals surface area contributed by atoms with Gasteiger partial charge in [-0.3, -0.25) is 4.79 Å². The number of halogens is 1. The number of amides is 1. The molecule has 0 saturated carbocycles. The van der Waals surface area contributed by atoms with E-state index in [1.54, 1.807) is 36.4 Å². The van der Waals surface area contributed by atoms with Crippen molar-refractivity contribution in [3.8, 4) is 5.75 Å². The van der Waals surface area contributed by atoms with E-state index in [4.69, 9.17) is 16.3 Å². The van der Waals surface area contributed by atoms with Crippen molar-refractivity contribution in [3.05, 3.63) is 59.1 Å². The molecule has 5 nitrogen and oxygen atoms in total. The van der Waals surface area contributed by atoms with Gasteiger partial charge in [0.15, 0.2) is 9.84 Å². The van der Waals surface area contributed by atoms with Gasteiger partial charge in [0.25, 0.3) is 5.91 Å². The minimum Gasteiger partial charge on any atom is -0.494 e. The van der Waals surface area contributed by atoms with Crippen molar-refractivity contribution in [2.45, 2.75) is 17.1 Å². The number of carbonyl (C=O) groups is 1. The smallest absolute Gasteiger partial charge is 0.253 e. The summed E-state index contributed by atoms with van der Waals surface area (Å²) in [7, 11) is -3.45. The van der Waals surface area contributed by atoms with Crippen molar-refractivity contribution in [1.29, 1.82) is 0 Å². The number of benzene rings is 2. The first-order valence-electron chi connectivity index (χ1n) is 7.93. The van der Waals surface area contributed by atoms with Gasteiger partial charge < -0.3 is 9.64 Å². The zero-order valence-corrected chi connectivity index (χ0v) is 15.3. The summed E-state index contributed by atoms with van der Waals surface area (Å²) in [5, 5.41) is -0.0970. The second-order valence-corrected chi connectivity index (χ2v) is 8.45. The minimum atomic E-state index is -3.45. The second-order valence-electron chi connectivity index (χ2n) is 5.79. The molecular weight excluding hydrogens is 362 g/mol. The third-order valence-electron chi connectivity index (χ3n) is 4.13. The van der Waals surface area contributed by atoms with E-state index in [0.29, 0.717) is 22.9 Å². The molecule has 1 heterocycles. The van der Waals surface area contributed by atoms with Gasteiger partial charge in [-0.2, -0.15) is 0 Å². The highest BCUT2D eigenvalue weighted by Gasteiger charge is 2.40. The number of hydrogen-bond donors (Lipinski definition) is 0. The zero-order valence-electron chi connectivity index (χ0n) is 13.7. The molecule has 0 radical (unpaired) electrons. The third-order valence-corrected chi connectivity index (χ3v) is 6.49. The number of likely N-dealkylation sites (tertiary alicyclic amines) is 1. The average Bonchev–Trinajstić information content (AvgIpc) is 2.54. The van der Waals surface area contributed by atoms with Crippen molar-refractivity contribution in [2.75, 3.05) is 19.7 Å². The topological polar surface area (TPSA) is 63.7 Å². The van der Waals surface area contributed by atoms with Gasteiger partial charge in [-0.15, -0.1) is 0 Å². The zero-order chi connectivity index (χ0) is 18.0. The summed E-state index contributed by atoms with van der Waals surface area (Å²) in [5.41, 5.74) is 0.519. The monoisotopic (exact) mass is 379 g/mol. The Morgan fingerprint density at radius 2 is 1.72 bits per heavy atom. The maximum Gasteiger partial charge on any atom is 0.253 e. The molecule has 1 aliphatic rings. The van der Waals surface area contributed by atoms with Gasteiger partial charge >= 0.3 is 0 Å². The summed E-state index contributed by atoms with van der Waals surface area (Å²) >= 11 is 5.80. The molecule has 1 saturated heterocycles. The molecule has 0 N–H and O–H groups in total. The lowest BCUT2D eigenvalue weighted by Gasteiger charge is -2.38. The van der Waals surface area contributed by atoms with Crippen LogP contribution in [0.3, 0.4) is 0 Å². The predicted octanol–water partition coefficient (Wildman–Crippen LogP) is 3.04. The van der Waals surface area contributed by atoms with E-state index in [0.717, 1.165) is 0 Å². The minimum absolute atomic E-state index is 0.175. The maximum atomic E-state index is 12.5. The van der Waals surface area contributed by atoms with Gasteiger partial charge in [0.05, 0.1) is 11.5 Å². The Labute approximate surface area is 152 Å². The highest BCUT2D eigenvalue weighted by molar-refractivity contribution is 7.92. The van der Waals surface area contributed by atoms with Gasteiger partial charge in [-0.05, 0) is 55.5 Å². The molecule has 1 amide bonds. The fourth-order valence-electron chi connectivity index (χ4n) is 2.66. The lowest BCUT2D eigenvalue weighted by atomic mass is 10.1. The molecule has 7 heteroatoms. The highest BCUT2D eigenvalue weighted by Crippen LogP contribution is 2.26. The number of ether oxygens (including phenoxy) is 1. The molecule has 1 fully saturated rings. The van der Waals surface area contributed by atoms with Crippen LogP contribution in [0.5, 0.6) is 5.75 Å². The van der Waals surface area contributed by atoms with Gasteiger partial charge in [0.2, 0.25) is 0 Å². The van der Waals surface area contributed by atoms with Gasteiger partial charge in [-0.25, -0.2) is 8.42 Å². The lowest BCUT2D eigenvalue weighted by molar-refractivity contribution is 0.0659. The van der Waals surface area contributed by atoms with E-state index in [1.165, 1.54) is 17.0 Å². The first-order valence-corrected chi connectivity index (χ1v) is 9.86.